The van der Waals surface area contributed by atoms with Crippen molar-refractivity contribution in [2.75, 3.05) is 26.3 Å². The molecule has 2 atom stereocenters. The number of likely N-dealkylation sites (tertiary alicyclic amines) is 1. The molecule has 2 unspecified atom stereocenters. The van der Waals surface area contributed by atoms with E-state index in [2.05, 4.69) is 5.32 Å². The van der Waals surface area contributed by atoms with E-state index < -0.39 is 18.1 Å². The molecule has 180 valence electrons. The van der Waals surface area contributed by atoms with Crippen molar-refractivity contribution in [2.24, 2.45) is 5.92 Å². The highest BCUT2D eigenvalue weighted by molar-refractivity contribution is 5.86. The number of carbonyl (C=O) groups excluding carboxylic acids is 2. The second kappa shape index (κ2) is 10.7. The minimum absolute atomic E-state index is 0.00715. The average molecular weight is 467 g/mol. The lowest BCUT2D eigenvalue weighted by Gasteiger charge is -2.34. The second-order valence-electron chi connectivity index (χ2n) is 8.93. The van der Waals surface area contributed by atoms with Crippen molar-refractivity contribution in [1.29, 1.82) is 0 Å². The van der Waals surface area contributed by atoms with Crippen LogP contribution in [-0.4, -0.2) is 65.4 Å². The van der Waals surface area contributed by atoms with Gasteiger partial charge in [0.1, 0.15) is 12.6 Å². The van der Waals surface area contributed by atoms with Gasteiger partial charge < -0.3 is 25.2 Å². The molecule has 1 aliphatic carbocycles. The van der Waals surface area contributed by atoms with Crippen molar-refractivity contribution in [2.45, 2.75) is 37.6 Å². The lowest BCUT2D eigenvalue weighted by molar-refractivity contribution is -0.138. The first kappa shape index (κ1) is 23.8. The lowest BCUT2D eigenvalue weighted by Crippen LogP contribution is -2.52. The highest BCUT2D eigenvalue weighted by Gasteiger charge is 2.32. The summed E-state index contributed by atoms with van der Waals surface area (Å²) in [5.74, 6) is -1.50. The number of amides is 2. The molecular formula is C26H30N2O6. The zero-order valence-corrected chi connectivity index (χ0v) is 19.0. The third-order valence-corrected chi connectivity index (χ3v) is 6.67. The molecule has 0 spiro atoms. The van der Waals surface area contributed by atoms with E-state index in [1.54, 1.807) is 4.90 Å². The number of carbonyl (C=O) groups is 3. The van der Waals surface area contributed by atoms with Crippen LogP contribution in [0.1, 0.15) is 42.7 Å². The first-order chi connectivity index (χ1) is 16.5. The van der Waals surface area contributed by atoms with Crippen LogP contribution < -0.4 is 5.32 Å². The summed E-state index contributed by atoms with van der Waals surface area (Å²) >= 11 is 0. The number of piperidine rings is 1. The molecule has 1 heterocycles. The molecule has 1 aliphatic heterocycles. The van der Waals surface area contributed by atoms with Crippen molar-refractivity contribution < 1.29 is 29.3 Å². The summed E-state index contributed by atoms with van der Waals surface area (Å²) in [6.45, 7) is 1.01. The van der Waals surface area contributed by atoms with Crippen molar-refractivity contribution in [3.05, 3.63) is 59.7 Å². The van der Waals surface area contributed by atoms with E-state index in [0.717, 1.165) is 35.1 Å². The molecule has 8 nitrogen and oxygen atoms in total. The standard InChI is InChI=1S/C26H30N2O6/c29-15-17-6-5-13-28(14-17)25(32)23(11-12-24(30)31)27-26(33)34-16-22-20-9-3-1-7-18(20)19-8-2-4-10-21(19)22/h1-4,7-10,17,22-23,29H,5-6,11-16H2,(H,27,33)(H,30,31). The summed E-state index contributed by atoms with van der Waals surface area (Å²) in [4.78, 5) is 38.5. The molecule has 8 heteroatoms. The molecule has 0 saturated carbocycles. The second-order valence-corrected chi connectivity index (χ2v) is 8.93. The summed E-state index contributed by atoms with van der Waals surface area (Å²) in [6, 6.07) is 15.0. The molecule has 4 rings (SSSR count). The molecule has 0 radical (unpaired) electrons. The molecule has 2 aromatic rings. The number of nitrogens with one attached hydrogen (secondary N) is 1. The van der Waals surface area contributed by atoms with Gasteiger partial charge in [-0.2, -0.15) is 0 Å². The monoisotopic (exact) mass is 466 g/mol. The highest BCUT2D eigenvalue weighted by atomic mass is 16.5. The Morgan fingerprint density at radius 3 is 2.32 bits per heavy atom. The van der Waals surface area contributed by atoms with Crippen molar-refractivity contribution in [3.63, 3.8) is 0 Å². The van der Waals surface area contributed by atoms with Crippen LogP contribution in [-0.2, 0) is 14.3 Å². The van der Waals surface area contributed by atoms with Gasteiger partial charge in [0.05, 0.1) is 0 Å². The number of carboxylic acids is 1. The van der Waals surface area contributed by atoms with Crippen LogP contribution in [0.15, 0.2) is 48.5 Å². The highest BCUT2D eigenvalue weighted by Crippen LogP contribution is 2.44. The minimum Gasteiger partial charge on any atom is -0.481 e. The van der Waals surface area contributed by atoms with Gasteiger partial charge >= 0.3 is 12.1 Å². The predicted octanol–water partition coefficient (Wildman–Crippen LogP) is 2.99. The minimum atomic E-state index is -1.04. The number of rotatable bonds is 8. The van der Waals surface area contributed by atoms with Crippen LogP contribution in [0.4, 0.5) is 4.79 Å². The van der Waals surface area contributed by atoms with Crippen molar-refractivity contribution in [1.82, 2.24) is 10.2 Å². The molecule has 2 aliphatic rings. The molecular weight excluding hydrogens is 436 g/mol. The van der Waals surface area contributed by atoms with Crippen LogP contribution in [0.25, 0.3) is 11.1 Å². The van der Waals surface area contributed by atoms with Gasteiger partial charge in [-0.15, -0.1) is 0 Å². The van der Waals surface area contributed by atoms with Gasteiger partial charge in [-0.3, -0.25) is 9.59 Å². The number of aliphatic carboxylic acids is 1. The van der Waals surface area contributed by atoms with Crippen LogP contribution >= 0.6 is 0 Å². The quantitative estimate of drug-likeness (QED) is 0.551. The molecule has 1 saturated heterocycles. The number of ether oxygens (including phenoxy) is 1. The van der Waals surface area contributed by atoms with Gasteiger partial charge in [0.2, 0.25) is 5.91 Å². The summed E-state index contributed by atoms with van der Waals surface area (Å²) in [5, 5.41) is 21.2. The Labute approximate surface area is 198 Å². The number of carboxylic acid groups (broad SMARTS) is 1. The third-order valence-electron chi connectivity index (χ3n) is 6.67. The average Bonchev–Trinajstić information content (AvgIpc) is 3.18. The van der Waals surface area contributed by atoms with E-state index >= 15 is 0 Å². The van der Waals surface area contributed by atoms with Crippen LogP contribution in [0.3, 0.4) is 0 Å². The SMILES string of the molecule is O=C(O)CCC(NC(=O)OCC1c2ccccc2-c2ccccc21)C(=O)N1CCCC(CO)C1. The maximum absolute atomic E-state index is 13.1. The normalized spacial score (nSPS) is 18.0. The largest absolute Gasteiger partial charge is 0.481 e. The molecule has 2 aromatic carbocycles. The fourth-order valence-electron chi connectivity index (χ4n) is 4.94. The Balaban J connectivity index is 1.42. The Kier molecular flexibility index (Phi) is 7.47. The number of benzene rings is 2. The maximum Gasteiger partial charge on any atom is 0.407 e. The van der Waals surface area contributed by atoms with Crippen LogP contribution in [0.5, 0.6) is 0 Å². The zero-order valence-electron chi connectivity index (χ0n) is 19.0. The number of alkyl carbamates (subject to hydrolysis) is 1. The predicted molar refractivity (Wildman–Crippen MR) is 125 cm³/mol. The van der Waals surface area contributed by atoms with Crippen molar-refractivity contribution >= 4 is 18.0 Å². The Hall–Kier alpha value is -3.39. The molecule has 3 N–H and O–H groups in total. The third kappa shape index (κ3) is 5.22. The van der Waals surface area contributed by atoms with Gasteiger partial charge in [0, 0.05) is 32.0 Å². The van der Waals surface area contributed by atoms with Crippen LogP contribution in [0, 0.1) is 5.92 Å². The fraction of sp³-hybridized carbons (Fsp3) is 0.423. The van der Waals surface area contributed by atoms with Gasteiger partial charge in [-0.1, -0.05) is 48.5 Å². The first-order valence-electron chi connectivity index (χ1n) is 11.7. The summed E-state index contributed by atoms with van der Waals surface area (Å²) in [5.41, 5.74) is 4.40. The maximum atomic E-state index is 13.1. The number of aliphatic hydroxyl groups is 1. The topological polar surface area (TPSA) is 116 Å². The zero-order chi connectivity index (χ0) is 24.1. The number of nitrogens with zero attached hydrogens (tertiary/aromatic N) is 1. The van der Waals surface area contributed by atoms with Crippen molar-refractivity contribution in [3.8, 4) is 11.1 Å². The van der Waals surface area contributed by atoms with Crippen LogP contribution in [0.2, 0.25) is 0 Å². The molecule has 34 heavy (non-hydrogen) atoms. The Morgan fingerprint density at radius 2 is 1.71 bits per heavy atom. The van der Waals surface area contributed by atoms with E-state index in [9.17, 15) is 19.5 Å². The molecule has 0 aromatic heterocycles. The lowest BCUT2D eigenvalue weighted by atomic mass is 9.98. The summed E-state index contributed by atoms with van der Waals surface area (Å²) < 4.78 is 5.55. The van der Waals surface area contributed by atoms with Gasteiger partial charge in [-0.25, -0.2) is 4.79 Å². The van der Waals surface area contributed by atoms with E-state index in [1.165, 1.54) is 0 Å². The first-order valence-corrected chi connectivity index (χ1v) is 11.7. The molecule has 1 fully saturated rings. The van der Waals surface area contributed by atoms with Gasteiger partial charge in [-0.05, 0) is 47.4 Å². The number of hydrogen-bond donors (Lipinski definition) is 3. The number of fused-ring (bicyclic) bond motifs is 3. The summed E-state index contributed by atoms with van der Waals surface area (Å²) in [6.07, 6.45) is 0.560. The van der Waals surface area contributed by atoms with E-state index in [1.807, 2.05) is 48.5 Å². The van der Waals surface area contributed by atoms with Gasteiger partial charge in [0.25, 0.3) is 0 Å². The fourth-order valence-corrected chi connectivity index (χ4v) is 4.94. The van der Waals surface area contributed by atoms with Gasteiger partial charge in [0.15, 0.2) is 0 Å². The Morgan fingerprint density at radius 1 is 1.06 bits per heavy atom. The summed E-state index contributed by atoms with van der Waals surface area (Å²) in [7, 11) is 0. The number of hydrogen-bond acceptors (Lipinski definition) is 5. The number of aliphatic hydroxyl groups excluding tert-OH is 1. The molecule has 0 bridgehead atoms. The smallest absolute Gasteiger partial charge is 0.407 e. The van der Waals surface area contributed by atoms with E-state index in [4.69, 9.17) is 9.84 Å². The molecule has 2 amide bonds. The van der Waals surface area contributed by atoms with E-state index in [-0.39, 0.29) is 43.8 Å². The van der Waals surface area contributed by atoms with E-state index in [0.29, 0.717) is 13.1 Å². The Bertz CT molecular complexity index is 1010.